The average Bonchev–Trinajstić information content (AvgIpc) is 3.41. The molecule has 4 rings (SSSR count). The van der Waals surface area contributed by atoms with E-state index in [1.54, 1.807) is 72.8 Å². The molecule has 10 heteroatoms. The van der Waals surface area contributed by atoms with Crippen LogP contribution < -0.4 is 0 Å². The summed E-state index contributed by atoms with van der Waals surface area (Å²) in [7, 11) is 0. The van der Waals surface area contributed by atoms with E-state index in [-0.39, 0.29) is 52.3 Å². The molecule has 0 radical (unpaired) electrons. The van der Waals surface area contributed by atoms with Crippen LogP contribution in [-0.4, -0.2) is 38.7 Å². The first-order valence-corrected chi connectivity index (χ1v) is 13.8. The molecule has 4 aromatic rings. The van der Waals surface area contributed by atoms with E-state index >= 15 is 0 Å². The third kappa shape index (κ3) is 8.42. The van der Waals surface area contributed by atoms with E-state index in [1.165, 1.54) is 0 Å². The normalized spacial score (nSPS) is 10.6. The zero-order chi connectivity index (χ0) is 27.5. The number of benzene rings is 3. The Balaban J connectivity index is 1.34. The van der Waals surface area contributed by atoms with Gasteiger partial charge in [0.15, 0.2) is 12.4 Å². The van der Waals surface area contributed by atoms with E-state index in [1.807, 2.05) is 18.2 Å². The van der Waals surface area contributed by atoms with Gasteiger partial charge in [-0.15, -0.1) is 0 Å². The number of esters is 2. The lowest BCUT2D eigenvalue weighted by Crippen LogP contribution is -2.12. The summed E-state index contributed by atoms with van der Waals surface area (Å²) in [5.74, 6) is -1.08. The van der Waals surface area contributed by atoms with Crippen LogP contribution in [0.1, 0.15) is 32.2 Å². The van der Waals surface area contributed by atoms with Gasteiger partial charge in [-0.05, 0) is 12.1 Å². The van der Waals surface area contributed by atoms with Crippen LogP contribution >= 0.6 is 23.5 Å². The highest BCUT2D eigenvalue weighted by Gasteiger charge is 2.19. The van der Waals surface area contributed by atoms with Crippen LogP contribution in [0.3, 0.4) is 0 Å². The van der Waals surface area contributed by atoms with Gasteiger partial charge in [0.1, 0.15) is 12.3 Å². The SMILES string of the molecule is O=C(CSC(=O)c1ccccc1)OCc1nc(-c2ccccc2)oc1COC(=O)CSC(=O)c1ccccc1. The first-order valence-electron chi connectivity index (χ1n) is 11.8. The molecule has 0 aliphatic heterocycles. The van der Waals surface area contributed by atoms with E-state index in [2.05, 4.69) is 4.98 Å². The van der Waals surface area contributed by atoms with Crippen LogP contribution in [0.4, 0.5) is 0 Å². The molecular weight excluding hydrogens is 538 g/mol. The summed E-state index contributed by atoms with van der Waals surface area (Å²) in [6.45, 7) is -0.490. The third-order valence-electron chi connectivity index (χ3n) is 5.19. The van der Waals surface area contributed by atoms with Crippen LogP contribution in [0.5, 0.6) is 0 Å². The van der Waals surface area contributed by atoms with E-state index in [0.29, 0.717) is 16.7 Å². The standard InChI is InChI=1S/C29H23NO7S2/c31-25(18-38-28(33)21-12-6-2-7-13-21)35-16-23-24(37-27(30-23)20-10-4-1-5-11-20)17-36-26(32)19-39-29(34)22-14-8-3-9-15-22/h1-15H,16-19H2. The Hall–Kier alpha value is -4.15. The number of carbonyl (C=O) groups excluding carboxylic acids is 4. The van der Waals surface area contributed by atoms with Gasteiger partial charge in [-0.2, -0.15) is 0 Å². The third-order valence-corrected chi connectivity index (χ3v) is 6.95. The molecule has 3 aromatic carbocycles. The highest BCUT2D eigenvalue weighted by molar-refractivity contribution is 8.14. The van der Waals surface area contributed by atoms with Crippen LogP contribution in [0.15, 0.2) is 95.4 Å². The Bertz CT molecular complexity index is 1340. The first kappa shape index (κ1) is 27.9. The maximum atomic E-state index is 12.3. The molecule has 0 aliphatic rings. The highest BCUT2D eigenvalue weighted by atomic mass is 32.2. The number of nitrogens with zero attached hydrogens (tertiary/aromatic N) is 1. The molecule has 0 spiro atoms. The molecule has 0 amide bonds. The quantitative estimate of drug-likeness (QED) is 0.215. The van der Waals surface area contributed by atoms with Crippen LogP contribution in [-0.2, 0) is 32.3 Å². The maximum Gasteiger partial charge on any atom is 0.316 e. The number of thioether (sulfide) groups is 2. The second kappa shape index (κ2) is 14.1. The van der Waals surface area contributed by atoms with Crippen LogP contribution in [0.25, 0.3) is 11.5 Å². The Kier molecular flexibility index (Phi) is 10.1. The van der Waals surface area contributed by atoms with E-state index in [4.69, 9.17) is 13.9 Å². The second-order valence-corrected chi connectivity index (χ2v) is 9.86. The molecule has 8 nitrogen and oxygen atoms in total. The summed E-state index contributed by atoms with van der Waals surface area (Å²) in [5.41, 5.74) is 1.95. The summed E-state index contributed by atoms with van der Waals surface area (Å²) in [5, 5.41) is -0.480. The van der Waals surface area contributed by atoms with Crippen molar-refractivity contribution in [2.75, 3.05) is 11.5 Å². The molecule has 0 bridgehead atoms. The van der Waals surface area contributed by atoms with Crippen molar-refractivity contribution >= 4 is 45.7 Å². The van der Waals surface area contributed by atoms with Crippen molar-refractivity contribution in [1.82, 2.24) is 4.98 Å². The topological polar surface area (TPSA) is 113 Å². The lowest BCUT2D eigenvalue weighted by atomic mass is 10.2. The fraction of sp³-hybridized carbons (Fsp3) is 0.138. The minimum atomic E-state index is -0.610. The monoisotopic (exact) mass is 561 g/mol. The van der Waals surface area contributed by atoms with Gasteiger partial charge in [-0.25, -0.2) is 4.98 Å². The minimum Gasteiger partial charge on any atom is -0.458 e. The maximum absolute atomic E-state index is 12.3. The Morgan fingerprint density at radius 1 is 0.641 bits per heavy atom. The van der Waals surface area contributed by atoms with Gasteiger partial charge in [-0.1, -0.05) is 102 Å². The van der Waals surface area contributed by atoms with Crippen molar-refractivity contribution in [2.24, 2.45) is 0 Å². The lowest BCUT2D eigenvalue weighted by molar-refractivity contribution is -0.143. The molecule has 0 atom stereocenters. The largest absolute Gasteiger partial charge is 0.458 e. The number of ether oxygens (including phenoxy) is 2. The number of aromatic nitrogens is 1. The van der Waals surface area contributed by atoms with Crippen molar-refractivity contribution in [3.63, 3.8) is 0 Å². The fourth-order valence-corrected chi connectivity index (χ4v) is 4.53. The predicted molar refractivity (Wildman–Crippen MR) is 148 cm³/mol. The Morgan fingerprint density at radius 3 is 1.62 bits per heavy atom. The van der Waals surface area contributed by atoms with Gasteiger partial charge >= 0.3 is 11.9 Å². The van der Waals surface area contributed by atoms with Gasteiger partial charge in [0, 0.05) is 16.7 Å². The highest BCUT2D eigenvalue weighted by Crippen LogP contribution is 2.24. The van der Waals surface area contributed by atoms with Crippen LogP contribution in [0.2, 0.25) is 0 Å². The Labute approximate surface area is 233 Å². The molecule has 1 aromatic heterocycles. The van der Waals surface area contributed by atoms with E-state index in [0.717, 1.165) is 23.5 Å². The van der Waals surface area contributed by atoms with Gasteiger partial charge < -0.3 is 13.9 Å². The number of hydrogen-bond donors (Lipinski definition) is 0. The number of carbonyl (C=O) groups is 4. The first-order chi connectivity index (χ1) is 19.0. The molecule has 0 fully saturated rings. The summed E-state index contributed by atoms with van der Waals surface area (Å²) >= 11 is 1.68. The van der Waals surface area contributed by atoms with Crippen molar-refractivity contribution in [3.8, 4) is 11.5 Å². The smallest absolute Gasteiger partial charge is 0.316 e. The number of oxazole rings is 1. The van der Waals surface area contributed by atoms with Crippen molar-refractivity contribution in [2.45, 2.75) is 13.2 Å². The summed E-state index contributed by atoms with van der Waals surface area (Å²) in [4.78, 5) is 53.4. The minimum absolute atomic E-state index is 0.173. The molecule has 0 aliphatic carbocycles. The summed E-state index contributed by atoms with van der Waals surface area (Å²) in [6, 6.07) is 26.4. The lowest BCUT2D eigenvalue weighted by Gasteiger charge is -2.06. The molecule has 39 heavy (non-hydrogen) atoms. The second-order valence-electron chi connectivity index (χ2n) is 7.96. The average molecular weight is 562 g/mol. The fourth-order valence-electron chi connectivity index (χ4n) is 3.26. The van der Waals surface area contributed by atoms with Gasteiger partial charge in [-0.3, -0.25) is 19.2 Å². The molecule has 1 heterocycles. The predicted octanol–water partition coefficient (Wildman–Crippen LogP) is 5.58. The van der Waals surface area contributed by atoms with E-state index in [9.17, 15) is 19.2 Å². The number of hydrogen-bond acceptors (Lipinski definition) is 10. The molecule has 198 valence electrons. The van der Waals surface area contributed by atoms with Crippen molar-refractivity contribution in [1.29, 1.82) is 0 Å². The van der Waals surface area contributed by atoms with Crippen molar-refractivity contribution < 1.29 is 33.1 Å². The van der Waals surface area contributed by atoms with Gasteiger partial charge in [0.2, 0.25) is 16.1 Å². The molecule has 0 saturated heterocycles. The zero-order valence-electron chi connectivity index (χ0n) is 20.6. The van der Waals surface area contributed by atoms with Crippen LogP contribution in [0, 0.1) is 0 Å². The number of rotatable bonds is 11. The Morgan fingerprint density at radius 2 is 1.10 bits per heavy atom. The van der Waals surface area contributed by atoms with Crippen molar-refractivity contribution in [3.05, 3.63) is 114 Å². The van der Waals surface area contributed by atoms with Gasteiger partial charge in [0.05, 0.1) is 11.5 Å². The molecule has 0 N–H and O–H groups in total. The molecule has 0 unspecified atom stereocenters. The van der Waals surface area contributed by atoms with Gasteiger partial charge in [0.25, 0.3) is 0 Å². The van der Waals surface area contributed by atoms with E-state index < -0.39 is 11.9 Å². The molecule has 0 saturated carbocycles. The molecular formula is C29H23NO7S2. The summed E-state index contributed by atoms with van der Waals surface area (Å²) < 4.78 is 16.4. The summed E-state index contributed by atoms with van der Waals surface area (Å²) in [6.07, 6.45) is 0. The zero-order valence-corrected chi connectivity index (χ0v) is 22.2.